The summed E-state index contributed by atoms with van der Waals surface area (Å²) in [5, 5.41) is 3.98. The van der Waals surface area contributed by atoms with Crippen LogP contribution in [0.4, 0.5) is 4.79 Å². The number of nitrogens with zero attached hydrogens (tertiary/aromatic N) is 2. The lowest BCUT2D eigenvalue weighted by Gasteiger charge is -2.30. The molecule has 1 N–H and O–H groups in total. The molecule has 1 aliphatic heterocycles. The van der Waals surface area contributed by atoms with Crippen molar-refractivity contribution < 1.29 is 17.9 Å². The van der Waals surface area contributed by atoms with E-state index in [9.17, 15) is 13.2 Å². The zero-order valence-electron chi connectivity index (χ0n) is 18.2. The molecule has 1 saturated carbocycles. The van der Waals surface area contributed by atoms with Crippen LogP contribution in [0.1, 0.15) is 56.9 Å². The van der Waals surface area contributed by atoms with Gasteiger partial charge in [0.25, 0.3) is 0 Å². The number of carbonyl (C=O) groups is 1. The highest BCUT2D eigenvalue weighted by molar-refractivity contribution is 9.10. The smallest absolute Gasteiger partial charge is 0.407 e. The Kier molecular flexibility index (Phi) is 7.24. The van der Waals surface area contributed by atoms with Crippen molar-refractivity contribution in [2.75, 3.05) is 13.1 Å². The monoisotopic (exact) mass is 541 g/mol. The number of nitrogens with one attached hydrogen (secondary N) is 1. The van der Waals surface area contributed by atoms with Gasteiger partial charge >= 0.3 is 6.09 Å². The zero-order chi connectivity index (χ0) is 22.9. The van der Waals surface area contributed by atoms with Crippen LogP contribution in [-0.2, 0) is 14.8 Å². The minimum absolute atomic E-state index is 0.122. The van der Waals surface area contributed by atoms with Crippen molar-refractivity contribution in [1.29, 1.82) is 0 Å². The van der Waals surface area contributed by atoms with Crippen LogP contribution in [-0.4, -0.2) is 49.0 Å². The number of benzene rings is 1. The quantitative estimate of drug-likeness (QED) is 0.547. The number of hydrogen-bond acceptors (Lipinski definition) is 6. The second-order valence-electron chi connectivity index (χ2n) is 8.61. The summed E-state index contributed by atoms with van der Waals surface area (Å²) in [6.07, 6.45) is 5.82. The molecule has 0 radical (unpaired) electrons. The third kappa shape index (κ3) is 5.18. The van der Waals surface area contributed by atoms with E-state index in [0.29, 0.717) is 29.5 Å². The van der Waals surface area contributed by atoms with E-state index in [1.54, 1.807) is 23.6 Å². The average molecular weight is 543 g/mol. The number of halogens is 1. The zero-order valence-corrected chi connectivity index (χ0v) is 21.4. The molecule has 1 aromatic carbocycles. The van der Waals surface area contributed by atoms with E-state index in [-0.39, 0.29) is 18.2 Å². The molecule has 2 aliphatic rings. The first kappa shape index (κ1) is 23.7. The van der Waals surface area contributed by atoms with Gasteiger partial charge in [-0.15, -0.1) is 11.3 Å². The normalized spacial score (nSPS) is 21.9. The van der Waals surface area contributed by atoms with Crippen molar-refractivity contribution in [3.63, 3.8) is 0 Å². The van der Waals surface area contributed by atoms with Gasteiger partial charge in [0.15, 0.2) is 0 Å². The van der Waals surface area contributed by atoms with Crippen LogP contribution in [0.25, 0.3) is 10.4 Å². The summed E-state index contributed by atoms with van der Waals surface area (Å²) in [6, 6.07) is 5.54. The Morgan fingerprint density at radius 1 is 1.25 bits per heavy atom. The maximum absolute atomic E-state index is 13.1. The van der Waals surface area contributed by atoms with Crippen molar-refractivity contribution in [2.45, 2.75) is 68.9 Å². The Morgan fingerprint density at radius 2 is 1.97 bits per heavy atom. The molecule has 174 valence electrons. The van der Waals surface area contributed by atoms with Crippen molar-refractivity contribution in [3.05, 3.63) is 33.9 Å². The number of thiazole rings is 1. The van der Waals surface area contributed by atoms with E-state index in [0.717, 1.165) is 46.5 Å². The third-order valence-electron chi connectivity index (χ3n) is 5.91. The number of rotatable bonds is 6. The van der Waals surface area contributed by atoms with E-state index < -0.39 is 10.0 Å². The molecule has 1 amide bonds. The summed E-state index contributed by atoms with van der Waals surface area (Å²) in [7, 11) is -3.52. The van der Waals surface area contributed by atoms with Crippen LogP contribution in [0.3, 0.4) is 0 Å². The van der Waals surface area contributed by atoms with Crippen LogP contribution in [0.2, 0.25) is 0 Å². The molecule has 0 spiro atoms. The van der Waals surface area contributed by atoms with Gasteiger partial charge in [-0.1, -0.05) is 22.0 Å². The first-order chi connectivity index (χ1) is 15.2. The average Bonchev–Trinajstić information content (AvgIpc) is 3.16. The molecular formula is C22H28BrN3O4S2. The molecule has 32 heavy (non-hydrogen) atoms. The topological polar surface area (TPSA) is 88.6 Å². The number of sulfonamides is 1. The predicted molar refractivity (Wildman–Crippen MR) is 128 cm³/mol. The van der Waals surface area contributed by atoms with Gasteiger partial charge in [-0.05, 0) is 58.1 Å². The lowest BCUT2D eigenvalue weighted by Crippen LogP contribution is -2.42. The lowest BCUT2D eigenvalue weighted by atomic mass is 9.86. The number of ether oxygens (including phenoxy) is 1. The number of aromatic nitrogens is 1. The fraction of sp³-hybridized carbons (Fsp3) is 0.545. The largest absolute Gasteiger partial charge is 0.447 e. The van der Waals surface area contributed by atoms with E-state index in [4.69, 9.17) is 4.74 Å². The fourth-order valence-electron chi connectivity index (χ4n) is 4.08. The molecule has 0 atom stereocenters. The molecule has 7 nitrogen and oxygen atoms in total. The Balaban J connectivity index is 1.47. The van der Waals surface area contributed by atoms with Gasteiger partial charge in [-0.3, -0.25) is 0 Å². The molecular weight excluding hydrogens is 514 g/mol. The van der Waals surface area contributed by atoms with E-state index in [1.807, 2.05) is 26.0 Å². The van der Waals surface area contributed by atoms with Crippen molar-refractivity contribution in [2.24, 2.45) is 0 Å². The Labute approximate surface area is 201 Å². The summed E-state index contributed by atoms with van der Waals surface area (Å²) in [5.41, 5.74) is 0.704. The first-order valence-electron chi connectivity index (χ1n) is 11.0. The van der Waals surface area contributed by atoms with Gasteiger partial charge in [0.1, 0.15) is 0 Å². The van der Waals surface area contributed by atoms with Crippen molar-refractivity contribution in [1.82, 2.24) is 14.6 Å². The van der Waals surface area contributed by atoms with Crippen LogP contribution in [0.15, 0.2) is 33.8 Å². The molecule has 4 rings (SSSR count). The highest BCUT2D eigenvalue weighted by Crippen LogP contribution is 2.40. The highest BCUT2D eigenvalue weighted by atomic mass is 79.9. The second kappa shape index (κ2) is 9.79. The molecule has 2 aromatic rings. The molecule has 0 unspecified atom stereocenters. The van der Waals surface area contributed by atoms with Gasteiger partial charge in [0.05, 0.1) is 20.9 Å². The number of alkyl carbamates (subject to hydrolysis) is 1. The molecule has 2 heterocycles. The summed E-state index contributed by atoms with van der Waals surface area (Å²) in [5.74, 6) is 0.318. The minimum Gasteiger partial charge on any atom is -0.447 e. The summed E-state index contributed by atoms with van der Waals surface area (Å²) in [4.78, 5) is 17.7. The molecule has 2 fully saturated rings. The van der Waals surface area contributed by atoms with Crippen LogP contribution in [0.5, 0.6) is 0 Å². The minimum atomic E-state index is -3.52. The van der Waals surface area contributed by atoms with Crippen LogP contribution >= 0.6 is 27.3 Å². The molecule has 1 aromatic heterocycles. The van der Waals surface area contributed by atoms with E-state index in [2.05, 4.69) is 26.2 Å². The number of amides is 1. The van der Waals surface area contributed by atoms with Crippen molar-refractivity contribution >= 4 is 43.4 Å². The Bertz CT molecular complexity index is 1070. The predicted octanol–water partition coefficient (Wildman–Crippen LogP) is 5.13. The lowest BCUT2D eigenvalue weighted by molar-refractivity contribution is 0.109. The first-order valence-corrected chi connectivity index (χ1v) is 14.0. The highest BCUT2D eigenvalue weighted by Gasteiger charge is 2.32. The van der Waals surface area contributed by atoms with Crippen molar-refractivity contribution in [3.8, 4) is 10.4 Å². The van der Waals surface area contributed by atoms with Gasteiger partial charge in [0, 0.05) is 41.3 Å². The summed E-state index contributed by atoms with van der Waals surface area (Å²) >= 11 is 4.99. The van der Waals surface area contributed by atoms with E-state index in [1.165, 1.54) is 4.31 Å². The Morgan fingerprint density at radius 3 is 2.59 bits per heavy atom. The molecule has 10 heteroatoms. The summed E-state index contributed by atoms with van der Waals surface area (Å²) in [6.45, 7) is 4.82. The molecule has 1 aliphatic carbocycles. The van der Waals surface area contributed by atoms with Gasteiger partial charge in [0.2, 0.25) is 10.0 Å². The van der Waals surface area contributed by atoms with Crippen LogP contribution in [0, 0.1) is 0 Å². The van der Waals surface area contributed by atoms with E-state index >= 15 is 0 Å². The molecule has 1 saturated heterocycles. The maximum Gasteiger partial charge on any atom is 0.407 e. The van der Waals surface area contributed by atoms with Gasteiger partial charge in [-0.25, -0.2) is 18.2 Å². The Hall–Kier alpha value is -1.49. The third-order valence-corrected chi connectivity index (χ3v) is 9.53. The molecule has 0 bridgehead atoms. The SMILES string of the molecule is CC(C)OC(=O)NC1CCC(c2ncc(-c3ccc(Br)cc3S(=O)(=O)N3CCC3)s2)CC1. The number of hydrogen-bond donors (Lipinski definition) is 1. The van der Waals surface area contributed by atoms with Crippen LogP contribution < -0.4 is 5.32 Å². The fourth-order valence-corrected chi connectivity index (χ4v) is 7.53. The summed E-state index contributed by atoms with van der Waals surface area (Å²) < 4.78 is 33.7. The standard InChI is InChI=1S/C22H28BrN3O4S2/c1-14(2)30-22(27)25-17-7-4-15(5-8-17)21-24-13-19(31-21)18-9-6-16(23)12-20(18)32(28,29)26-10-3-11-26/h6,9,12-15,17H,3-5,7-8,10-11H2,1-2H3,(H,25,27). The maximum atomic E-state index is 13.1. The second-order valence-corrected chi connectivity index (χ2v) is 12.5. The van der Waals surface area contributed by atoms with Gasteiger partial charge in [-0.2, -0.15) is 4.31 Å². The number of carbonyl (C=O) groups excluding carboxylic acids is 1. The van der Waals surface area contributed by atoms with Gasteiger partial charge < -0.3 is 10.1 Å².